The van der Waals surface area contributed by atoms with Crippen LogP contribution in [0.2, 0.25) is 0 Å². The minimum atomic E-state index is -4.40. The summed E-state index contributed by atoms with van der Waals surface area (Å²) in [6.45, 7) is 2.44. The highest BCUT2D eigenvalue weighted by Gasteiger charge is 2.30. The van der Waals surface area contributed by atoms with Gasteiger partial charge in [-0.3, -0.25) is 9.89 Å². The SMILES string of the molecule is O=C(Cc1cccc(C(F)(F)F)c1)N1CCN(c2ccc3[nH]ncc3c2)CC1. The third-order valence-corrected chi connectivity index (χ3v) is 5.03. The molecule has 0 radical (unpaired) electrons. The standard InChI is InChI=1S/C20H19F3N4O/c21-20(22,23)16-3-1-2-14(10-16)11-19(28)27-8-6-26(7-9-27)17-4-5-18-15(12-17)13-24-25-18/h1-5,10,12-13H,6-9,11H2,(H,24,25). The lowest BCUT2D eigenvalue weighted by molar-refractivity contribution is -0.138. The number of fused-ring (bicyclic) bond motifs is 1. The topological polar surface area (TPSA) is 52.2 Å². The molecule has 0 unspecified atom stereocenters. The summed E-state index contributed by atoms with van der Waals surface area (Å²) in [6.07, 6.45) is -2.65. The first-order chi connectivity index (χ1) is 13.4. The molecule has 2 aromatic carbocycles. The molecule has 1 fully saturated rings. The first kappa shape index (κ1) is 18.3. The highest BCUT2D eigenvalue weighted by molar-refractivity contribution is 5.82. The van der Waals surface area contributed by atoms with E-state index in [1.165, 1.54) is 6.07 Å². The van der Waals surface area contributed by atoms with Crippen LogP contribution in [0.1, 0.15) is 11.1 Å². The molecule has 2 heterocycles. The second-order valence-corrected chi connectivity index (χ2v) is 6.88. The Labute approximate surface area is 159 Å². The molecule has 28 heavy (non-hydrogen) atoms. The lowest BCUT2D eigenvalue weighted by Crippen LogP contribution is -2.49. The number of piperazine rings is 1. The number of rotatable bonds is 3. The van der Waals surface area contributed by atoms with E-state index in [4.69, 9.17) is 0 Å². The molecule has 3 aromatic rings. The van der Waals surface area contributed by atoms with Crippen molar-refractivity contribution >= 4 is 22.5 Å². The Morgan fingerprint density at radius 2 is 1.86 bits per heavy atom. The van der Waals surface area contributed by atoms with Crippen LogP contribution in [-0.2, 0) is 17.4 Å². The Balaban J connectivity index is 1.37. The van der Waals surface area contributed by atoms with Crippen LogP contribution in [0.15, 0.2) is 48.7 Å². The van der Waals surface area contributed by atoms with Gasteiger partial charge < -0.3 is 9.80 Å². The lowest BCUT2D eigenvalue weighted by Gasteiger charge is -2.36. The molecule has 146 valence electrons. The van der Waals surface area contributed by atoms with Gasteiger partial charge in [0.25, 0.3) is 0 Å². The smallest absolute Gasteiger partial charge is 0.368 e. The molecule has 0 bridgehead atoms. The van der Waals surface area contributed by atoms with Crippen LogP contribution in [-0.4, -0.2) is 47.2 Å². The summed E-state index contributed by atoms with van der Waals surface area (Å²) in [5.74, 6) is -0.149. The number of carbonyl (C=O) groups is 1. The average Bonchev–Trinajstić information content (AvgIpc) is 3.15. The Hall–Kier alpha value is -3.03. The van der Waals surface area contributed by atoms with Crippen LogP contribution in [0.4, 0.5) is 18.9 Å². The van der Waals surface area contributed by atoms with Crippen LogP contribution < -0.4 is 4.90 Å². The van der Waals surface area contributed by atoms with Gasteiger partial charge in [0.2, 0.25) is 5.91 Å². The van der Waals surface area contributed by atoms with E-state index in [0.29, 0.717) is 31.7 Å². The number of nitrogens with one attached hydrogen (secondary N) is 1. The fourth-order valence-electron chi connectivity index (χ4n) is 3.48. The maximum atomic E-state index is 12.8. The molecule has 0 spiro atoms. The zero-order valence-electron chi connectivity index (χ0n) is 15.0. The summed E-state index contributed by atoms with van der Waals surface area (Å²) in [5.41, 5.74) is 1.70. The summed E-state index contributed by atoms with van der Waals surface area (Å²) >= 11 is 0. The van der Waals surface area contributed by atoms with E-state index in [-0.39, 0.29) is 12.3 Å². The zero-order chi connectivity index (χ0) is 19.7. The molecule has 1 aromatic heterocycles. The summed E-state index contributed by atoms with van der Waals surface area (Å²) in [7, 11) is 0. The molecule has 1 aliphatic rings. The molecule has 4 rings (SSSR count). The van der Waals surface area contributed by atoms with Crippen LogP contribution >= 0.6 is 0 Å². The van der Waals surface area contributed by atoms with Crippen molar-refractivity contribution in [1.29, 1.82) is 0 Å². The third kappa shape index (κ3) is 3.81. The number of alkyl halides is 3. The summed E-state index contributed by atoms with van der Waals surface area (Å²) in [4.78, 5) is 16.4. The molecular formula is C20H19F3N4O. The van der Waals surface area contributed by atoms with Gasteiger partial charge in [0.15, 0.2) is 0 Å². The quantitative estimate of drug-likeness (QED) is 0.748. The second-order valence-electron chi connectivity index (χ2n) is 6.88. The van der Waals surface area contributed by atoms with E-state index in [9.17, 15) is 18.0 Å². The van der Waals surface area contributed by atoms with Gasteiger partial charge in [-0.15, -0.1) is 0 Å². The van der Waals surface area contributed by atoms with Crippen molar-refractivity contribution in [3.63, 3.8) is 0 Å². The van der Waals surface area contributed by atoms with Gasteiger partial charge in [0, 0.05) is 37.3 Å². The van der Waals surface area contributed by atoms with Crippen LogP contribution in [0, 0.1) is 0 Å². The van der Waals surface area contributed by atoms with E-state index < -0.39 is 11.7 Å². The van der Waals surface area contributed by atoms with Gasteiger partial charge in [0.1, 0.15) is 0 Å². The molecular weight excluding hydrogens is 369 g/mol. The van der Waals surface area contributed by atoms with Gasteiger partial charge in [-0.1, -0.05) is 18.2 Å². The molecule has 0 atom stereocenters. The fraction of sp³-hybridized carbons (Fsp3) is 0.300. The molecule has 1 N–H and O–H groups in total. The number of carbonyl (C=O) groups excluding carboxylic acids is 1. The number of aromatic nitrogens is 2. The summed E-state index contributed by atoms with van der Waals surface area (Å²) in [6, 6.07) is 11.0. The normalized spacial score (nSPS) is 15.2. The number of amides is 1. The number of aromatic amines is 1. The highest BCUT2D eigenvalue weighted by atomic mass is 19.4. The predicted octanol–water partition coefficient (Wildman–Crippen LogP) is 3.47. The van der Waals surface area contributed by atoms with Gasteiger partial charge in [0.05, 0.1) is 23.7 Å². The Kier molecular flexibility index (Phi) is 4.70. The number of hydrogen-bond donors (Lipinski definition) is 1. The molecule has 8 heteroatoms. The average molecular weight is 388 g/mol. The number of anilines is 1. The van der Waals surface area contributed by atoms with Crippen molar-refractivity contribution in [2.45, 2.75) is 12.6 Å². The first-order valence-electron chi connectivity index (χ1n) is 9.02. The van der Waals surface area contributed by atoms with Crippen molar-refractivity contribution < 1.29 is 18.0 Å². The summed E-state index contributed by atoms with van der Waals surface area (Å²) in [5, 5.41) is 7.96. The maximum Gasteiger partial charge on any atom is 0.416 e. The van der Waals surface area contributed by atoms with E-state index in [0.717, 1.165) is 28.7 Å². The van der Waals surface area contributed by atoms with Gasteiger partial charge >= 0.3 is 6.18 Å². The maximum absolute atomic E-state index is 12.8. The molecule has 0 saturated carbocycles. The fourth-order valence-corrected chi connectivity index (χ4v) is 3.48. The van der Waals surface area contributed by atoms with E-state index in [1.54, 1.807) is 17.2 Å². The van der Waals surface area contributed by atoms with Crippen LogP contribution in [0.3, 0.4) is 0 Å². The number of nitrogens with zero attached hydrogens (tertiary/aromatic N) is 3. The van der Waals surface area contributed by atoms with Crippen molar-refractivity contribution in [1.82, 2.24) is 15.1 Å². The minimum absolute atomic E-state index is 0.0229. The third-order valence-electron chi connectivity index (χ3n) is 5.03. The van der Waals surface area contributed by atoms with Gasteiger partial charge in [-0.25, -0.2) is 0 Å². The number of H-pyrrole nitrogens is 1. The predicted molar refractivity (Wildman–Crippen MR) is 100 cm³/mol. The highest BCUT2D eigenvalue weighted by Crippen LogP contribution is 2.29. The van der Waals surface area contributed by atoms with Crippen LogP contribution in [0.5, 0.6) is 0 Å². The monoisotopic (exact) mass is 388 g/mol. The molecule has 1 amide bonds. The Morgan fingerprint density at radius 3 is 2.61 bits per heavy atom. The molecule has 1 aliphatic heterocycles. The zero-order valence-corrected chi connectivity index (χ0v) is 15.0. The second kappa shape index (κ2) is 7.18. The largest absolute Gasteiger partial charge is 0.416 e. The molecule has 0 aliphatic carbocycles. The summed E-state index contributed by atoms with van der Waals surface area (Å²) < 4.78 is 38.5. The molecule has 5 nitrogen and oxygen atoms in total. The van der Waals surface area contributed by atoms with Crippen molar-refractivity contribution in [2.75, 3.05) is 31.1 Å². The number of benzene rings is 2. The first-order valence-corrected chi connectivity index (χ1v) is 9.02. The minimum Gasteiger partial charge on any atom is -0.368 e. The Morgan fingerprint density at radius 1 is 1.07 bits per heavy atom. The van der Waals surface area contributed by atoms with E-state index >= 15 is 0 Å². The number of hydrogen-bond acceptors (Lipinski definition) is 3. The van der Waals surface area contributed by atoms with Crippen molar-refractivity contribution in [3.8, 4) is 0 Å². The van der Waals surface area contributed by atoms with E-state index in [1.807, 2.05) is 12.1 Å². The van der Waals surface area contributed by atoms with Gasteiger partial charge in [-0.05, 0) is 29.8 Å². The lowest BCUT2D eigenvalue weighted by atomic mass is 10.1. The number of halogens is 3. The van der Waals surface area contributed by atoms with Crippen molar-refractivity contribution in [2.24, 2.45) is 0 Å². The van der Waals surface area contributed by atoms with Gasteiger partial charge in [-0.2, -0.15) is 18.3 Å². The Bertz CT molecular complexity index is 990. The van der Waals surface area contributed by atoms with E-state index in [2.05, 4.69) is 21.2 Å². The molecule has 1 saturated heterocycles. The van der Waals surface area contributed by atoms with Crippen molar-refractivity contribution in [3.05, 3.63) is 59.8 Å². The van der Waals surface area contributed by atoms with Crippen LogP contribution in [0.25, 0.3) is 10.9 Å².